The molecule has 1 aromatic carbocycles. The van der Waals surface area contributed by atoms with Gasteiger partial charge in [0.25, 0.3) is 11.8 Å². The summed E-state index contributed by atoms with van der Waals surface area (Å²) < 4.78 is 42.0. The molecule has 8 nitrogen and oxygen atoms in total. The van der Waals surface area contributed by atoms with Crippen molar-refractivity contribution in [3.8, 4) is 5.75 Å². The summed E-state index contributed by atoms with van der Waals surface area (Å²) in [6.45, 7) is 3.12. The first-order valence-corrected chi connectivity index (χ1v) is 9.76. The summed E-state index contributed by atoms with van der Waals surface area (Å²) in [5.41, 5.74) is -2.50. The van der Waals surface area contributed by atoms with Crippen molar-refractivity contribution in [3.63, 3.8) is 0 Å². The van der Waals surface area contributed by atoms with Gasteiger partial charge in [-0.1, -0.05) is 12.2 Å². The Morgan fingerprint density at radius 3 is 2.41 bits per heavy atom. The van der Waals surface area contributed by atoms with E-state index in [4.69, 9.17) is 0 Å². The van der Waals surface area contributed by atoms with E-state index in [0.29, 0.717) is 12.1 Å². The zero-order valence-corrected chi connectivity index (χ0v) is 17.1. The number of aromatic hydroxyl groups is 1. The van der Waals surface area contributed by atoms with Crippen molar-refractivity contribution in [2.45, 2.75) is 32.5 Å². The highest BCUT2D eigenvalue weighted by Crippen LogP contribution is 2.26. The van der Waals surface area contributed by atoms with Crippen LogP contribution >= 0.6 is 0 Å². The van der Waals surface area contributed by atoms with Crippen molar-refractivity contribution in [2.75, 3.05) is 11.7 Å². The number of pyridine rings is 1. The van der Waals surface area contributed by atoms with Gasteiger partial charge in [0.1, 0.15) is 29.7 Å². The summed E-state index contributed by atoms with van der Waals surface area (Å²) >= 11 is 0. The van der Waals surface area contributed by atoms with E-state index in [1.54, 1.807) is 11.9 Å². The van der Waals surface area contributed by atoms with Crippen LogP contribution in [-0.2, 0) is 6.54 Å². The number of hydrogen-bond donors (Lipinski definition) is 2. The Balaban J connectivity index is 1.71. The molecule has 0 saturated heterocycles. The molecule has 4 rings (SSSR count). The fourth-order valence-electron chi connectivity index (χ4n) is 3.75. The third-order valence-corrected chi connectivity index (χ3v) is 5.61. The molecule has 0 saturated carbocycles. The first kappa shape index (κ1) is 21.5. The van der Waals surface area contributed by atoms with Crippen molar-refractivity contribution in [1.82, 2.24) is 14.9 Å². The van der Waals surface area contributed by atoms with E-state index in [1.165, 1.54) is 9.58 Å². The Bertz CT molecular complexity index is 1200. The number of amides is 2. The van der Waals surface area contributed by atoms with E-state index in [-0.39, 0.29) is 24.4 Å². The van der Waals surface area contributed by atoms with Gasteiger partial charge in [-0.15, -0.1) is 0 Å². The second kappa shape index (κ2) is 7.74. The minimum atomic E-state index is -1.20. The Labute approximate surface area is 180 Å². The molecular formula is C21H19F3N4O4. The number of hydrogen-bond acceptors (Lipinski definition) is 5. The smallest absolute Gasteiger partial charge is 0.278 e. The Hall–Kier alpha value is -3.76. The number of carbonyl (C=O) groups excluding carboxylic acids is 2. The molecule has 0 spiro atoms. The van der Waals surface area contributed by atoms with Crippen LogP contribution in [0, 0.1) is 17.5 Å². The zero-order chi connectivity index (χ0) is 23.3. The van der Waals surface area contributed by atoms with Gasteiger partial charge in [0.15, 0.2) is 11.4 Å². The lowest BCUT2D eigenvalue weighted by molar-refractivity contribution is 0.0652. The maximum atomic E-state index is 13.8. The zero-order valence-electron chi connectivity index (χ0n) is 17.1. The van der Waals surface area contributed by atoms with Crippen molar-refractivity contribution in [1.29, 1.82) is 0 Å². The summed E-state index contributed by atoms with van der Waals surface area (Å²) in [6.07, 6.45) is 4.78. The van der Waals surface area contributed by atoms with Gasteiger partial charge in [-0.05, 0) is 13.8 Å². The Morgan fingerprint density at radius 1 is 1.12 bits per heavy atom. The van der Waals surface area contributed by atoms with E-state index in [1.807, 2.05) is 19.1 Å². The largest absolute Gasteiger partial charge is 0.502 e. The molecule has 2 aromatic rings. The molecule has 168 valence electrons. The highest BCUT2D eigenvalue weighted by atomic mass is 19.1. The van der Waals surface area contributed by atoms with E-state index in [9.17, 15) is 32.7 Å². The maximum absolute atomic E-state index is 13.8. The third-order valence-electron chi connectivity index (χ3n) is 5.61. The van der Waals surface area contributed by atoms with E-state index in [2.05, 4.69) is 5.32 Å². The first-order chi connectivity index (χ1) is 15.1. The van der Waals surface area contributed by atoms with Crippen LogP contribution in [0.2, 0.25) is 0 Å². The molecule has 0 unspecified atom stereocenters. The molecule has 3 heterocycles. The van der Waals surface area contributed by atoms with Gasteiger partial charge >= 0.3 is 0 Å². The predicted molar refractivity (Wildman–Crippen MR) is 107 cm³/mol. The number of fused-ring (bicyclic) bond motifs is 4. The number of halogens is 3. The van der Waals surface area contributed by atoms with Crippen LogP contribution < -0.4 is 15.8 Å². The molecule has 0 radical (unpaired) electrons. The molecule has 2 atom stereocenters. The van der Waals surface area contributed by atoms with Crippen molar-refractivity contribution in [2.24, 2.45) is 0 Å². The van der Waals surface area contributed by atoms with Crippen LogP contribution in [0.4, 0.5) is 13.2 Å². The predicted octanol–water partition coefficient (Wildman–Crippen LogP) is 1.60. The summed E-state index contributed by atoms with van der Waals surface area (Å²) in [6, 6.07) is 0.421. The number of benzene rings is 1. The quantitative estimate of drug-likeness (QED) is 0.696. The van der Waals surface area contributed by atoms with E-state index >= 15 is 0 Å². The molecule has 2 N–H and O–H groups in total. The minimum Gasteiger partial charge on any atom is -0.502 e. The van der Waals surface area contributed by atoms with Gasteiger partial charge in [0.2, 0.25) is 5.43 Å². The highest BCUT2D eigenvalue weighted by Gasteiger charge is 2.38. The molecule has 2 aliphatic rings. The lowest BCUT2D eigenvalue weighted by Crippen LogP contribution is -2.57. The van der Waals surface area contributed by atoms with Gasteiger partial charge in [-0.25, -0.2) is 13.2 Å². The lowest BCUT2D eigenvalue weighted by Gasteiger charge is -2.41. The fourth-order valence-corrected chi connectivity index (χ4v) is 3.75. The number of nitrogens with zero attached hydrogens (tertiary/aromatic N) is 3. The van der Waals surface area contributed by atoms with Crippen LogP contribution in [0.3, 0.4) is 0 Å². The summed E-state index contributed by atoms with van der Waals surface area (Å²) in [4.78, 5) is 39.7. The molecule has 2 aliphatic heterocycles. The molecule has 2 bridgehead atoms. The average molecular weight is 448 g/mol. The van der Waals surface area contributed by atoms with Crippen LogP contribution in [0.25, 0.3) is 0 Å². The van der Waals surface area contributed by atoms with Gasteiger partial charge in [0.05, 0.1) is 6.04 Å². The van der Waals surface area contributed by atoms with E-state index < -0.39 is 58.1 Å². The minimum absolute atomic E-state index is 0.149. The van der Waals surface area contributed by atoms with Crippen LogP contribution in [0.5, 0.6) is 5.75 Å². The number of carbonyl (C=O) groups is 2. The normalized spacial score (nSPS) is 19.6. The molecule has 0 aliphatic carbocycles. The molecule has 11 heteroatoms. The second-order valence-electron chi connectivity index (χ2n) is 7.67. The average Bonchev–Trinajstić information content (AvgIpc) is 2.85. The fraction of sp³-hybridized carbons (Fsp3) is 0.286. The summed E-state index contributed by atoms with van der Waals surface area (Å²) in [5.74, 6) is -6.01. The topological polar surface area (TPSA) is 94.9 Å². The number of rotatable bonds is 3. The van der Waals surface area contributed by atoms with Crippen LogP contribution in [0.1, 0.15) is 40.3 Å². The highest BCUT2D eigenvalue weighted by molar-refractivity contribution is 5.99. The molecule has 0 fully saturated rings. The SMILES string of the molecule is C[C@@H]1C=C[C@@H](C)N2CN1C(=O)c1c(O)c(=O)c(C(=O)NCc3c(F)cc(F)cc3F)cn12. The monoisotopic (exact) mass is 448 g/mol. The van der Waals surface area contributed by atoms with Crippen LogP contribution in [0.15, 0.2) is 35.3 Å². The molecule has 1 aromatic heterocycles. The molecular weight excluding hydrogens is 429 g/mol. The van der Waals surface area contributed by atoms with Crippen molar-refractivity contribution >= 4 is 11.8 Å². The summed E-state index contributed by atoms with van der Waals surface area (Å²) in [7, 11) is 0. The molecule has 2 amide bonds. The van der Waals surface area contributed by atoms with Gasteiger partial charge < -0.3 is 15.3 Å². The second-order valence-corrected chi connectivity index (χ2v) is 7.67. The molecule has 32 heavy (non-hydrogen) atoms. The van der Waals surface area contributed by atoms with Crippen LogP contribution in [-0.4, -0.2) is 45.2 Å². The number of nitrogens with one attached hydrogen (secondary N) is 1. The third kappa shape index (κ3) is 3.39. The summed E-state index contributed by atoms with van der Waals surface area (Å²) in [5, 5.41) is 14.4. The van der Waals surface area contributed by atoms with Gasteiger partial charge in [-0.3, -0.25) is 24.1 Å². The van der Waals surface area contributed by atoms with Gasteiger partial charge in [-0.2, -0.15) is 0 Å². The maximum Gasteiger partial charge on any atom is 0.278 e. The van der Waals surface area contributed by atoms with Gasteiger partial charge in [0, 0.05) is 36.5 Å². The Kier molecular flexibility index (Phi) is 5.19. The lowest BCUT2D eigenvalue weighted by atomic mass is 10.1. The first-order valence-electron chi connectivity index (χ1n) is 9.76. The number of aromatic nitrogens is 1. The Morgan fingerprint density at radius 2 is 1.75 bits per heavy atom. The van der Waals surface area contributed by atoms with E-state index in [0.717, 1.165) is 6.20 Å². The standard InChI is InChI=1S/C21H19F3N4O4/c1-10-3-4-11(2)28-9-26(10)21(32)17-19(30)18(29)14(8-27(17)28)20(31)25-7-13-15(23)5-12(22)6-16(13)24/h3-6,8,10-11,30H,7,9H2,1-2H3,(H,25,31)/t10-,11-/m1/s1. The van der Waals surface area contributed by atoms with Crippen molar-refractivity contribution in [3.05, 3.63) is 75.0 Å². The van der Waals surface area contributed by atoms with Crippen molar-refractivity contribution < 1.29 is 27.9 Å².